The van der Waals surface area contributed by atoms with E-state index in [9.17, 15) is 0 Å². The molecule has 0 aliphatic rings. The van der Waals surface area contributed by atoms with Crippen LogP contribution in [0.4, 0.5) is 0 Å². The topological polar surface area (TPSA) is 52.5 Å². The van der Waals surface area contributed by atoms with E-state index in [2.05, 4.69) is 0 Å². The molecule has 0 heterocycles. The number of hydrogen-bond donors (Lipinski definition) is 0. The first-order valence-corrected chi connectivity index (χ1v) is 0.365. The maximum Gasteiger partial charge on any atom is 1.00 e. The molecule has 0 aliphatic carbocycles. The van der Waals surface area contributed by atoms with E-state index in [0.29, 0.717) is 0 Å². The van der Waals surface area contributed by atoms with Crippen molar-refractivity contribution in [3.8, 4) is 0 Å². The Morgan fingerprint density at radius 1 is 1.60 bits per heavy atom. The van der Waals surface area contributed by atoms with E-state index >= 15 is 0 Å². The van der Waals surface area contributed by atoms with E-state index in [1.165, 1.54) is 0 Å². The smallest absolute Gasteiger partial charge is 0.444 e. The van der Waals surface area contributed by atoms with Crippen molar-refractivity contribution in [2.45, 2.75) is 0 Å². The van der Waals surface area contributed by atoms with E-state index in [1.54, 1.807) is 0 Å². The Labute approximate surface area is 51.4 Å². The zero-order valence-electron chi connectivity index (χ0n) is 2.60. The molecule has 0 amide bonds. The largest absolute Gasteiger partial charge is 1.00 e. The predicted molar refractivity (Wildman–Crippen MR) is 9.16 cm³/mol. The van der Waals surface area contributed by atoms with Crippen LogP contribution in [0.15, 0.2) is 5.34 Å². The first-order valence-electron chi connectivity index (χ1n) is 0.365. The van der Waals surface area contributed by atoms with Crippen molar-refractivity contribution in [1.29, 1.82) is 0 Å². The zero-order valence-corrected chi connectivity index (χ0v) is 3.64. The fraction of sp³-hybridized carbons (Fsp3) is 0. The summed E-state index contributed by atoms with van der Waals surface area (Å²) in [6.45, 7) is 0. The molecule has 3 nitrogen and oxygen atoms in total. The van der Waals surface area contributed by atoms with Crippen molar-refractivity contribution in [2.75, 3.05) is 0 Å². The van der Waals surface area contributed by atoms with Gasteiger partial charge in [0.15, 0.2) is 0 Å². The summed E-state index contributed by atoms with van der Waals surface area (Å²) in [6.07, 6.45) is 0. The number of hydrogen-bond acceptors (Lipinski definition) is 3. The monoisotopic (exact) mass is 112 g/mol. The van der Waals surface area contributed by atoms with Crippen molar-refractivity contribution in [3.63, 3.8) is 0 Å². The fourth-order valence-corrected chi connectivity index (χ4v) is 0. The normalized spacial score (nSPS) is 2.40. The van der Waals surface area contributed by atoms with Gasteiger partial charge in [0.05, 0.1) is 0 Å². The predicted octanol–water partition coefficient (Wildman–Crippen LogP) is -2.75. The van der Waals surface area contributed by atoms with Gasteiger partial charge in [-0.3, -0.25) is 0 Å². The van der Waals surface area contributed by atoms with Crippen molar-refractivity contribution in [3.05, 3.63) is 10.1 Å². The van der Waals surface area contributed by atoms with Gasteiger partial charge >= 0.3 is 18.9 Å². The Balaban J connectivity index is -0.0000000200. The van der Waals surface area contributed by atoms with Crippen LogP contribution in [0.2, 0.25) is 0 Å². The molecule has 5 heavy (non-hydrogen) atoms. The average molecular weight is 112 g/mol. The molecule has 0 rings (SSSR count). The Kier molecular flexibility index (Phi) is 87.1. The zero-order chi connectivity index (χ0) is 2.71. The van der Waals surface area contributed by atoms with E-state index in [4.69, 9.17) is 10.1 Å². The van der Waals surface area contributed by atoms with Crippen molar-refractivity contribution >= 4 is 0 Å². The van der Waals surface area contributed by atoms with Gasteiger partial charge in [0.2, 0.25) is 0 Å². The van der Waals surface area contributed by atoms with Gasteiger partial charge in [0.25, 0.3) is 0 Å². The van der Waals surface area contributed by atoms with Crippen LogP contribution in [0.5, 0.6) is 0 Å². The number of nitrogens with zero attached hydrogens (tertiary/aromatic N) is 1. The third-order valence-corrected chi connectivity index (χ3v) is 0. The van der Waals surface area contributed by atoms with Crippen molar-refractivity contribution in [1.82, 2.24) is 0 Å². The standard InChI is InChI=1S/Co.Li.HNO2/c;;2-1-3/h;;(H,2,3)/q;+1;/p-1. The average Bonchev–Trinajstić information content (AvgIpc) is 0.918. The van der Waals surface area contributed by atoms with Crippen LogP contribution in [0.25, 0.3) is 0 Å². The summed E-state index contributed by atoms with van der Waals surface area (Å²) in [5.41, 5.74) is 0. The van der Waals surface area contributed by atoms with Crippen molar-refractivity contribution in [2.24, 2.45) is 5.34 Å². The third-order valence-electron chi connectivity index (χ3n) is 0. The number of rotatable bonds is 0. The summed E-state index contributed by atoms with van der Waals surface area (Å²) in [7, 11) is 0. The molecule has 0 aromatic heterocycles. The van der Waals surface area contributed by atoms with E-state index in [0.717, 1.165) is 5.34 Å². The summed E-state index contributed by atoms with van der Waals surface area (Å²) in [4.78, 5) is 8.00. The fourth-order valence-electron chi connectivity index (χ4n) is 0. The summed E-state index contributed by atoms with van der Waals surface area (Å²) in [5, 5.41) is 9.00. The minimum absolute atomic E-state index is 0. The van der Waals surface area contributed by atoms with Crippen LogP contribution >= 0.6 is 0 Å². The van der Waals surface area contributed by atoms with Gasteiger partial charge in [-0.15, -0.1) is 5.34 Å². The second-order valence-electron chi connectivity index (χ2n) is 0.0745. The van der Waals surface area contributed by atoms with Crippen molar-refractivity contribution < 1.29 is 35.6 Å². The molecule has 27 valence electrons. The Morgan fingerprint density at radius 3 is 1.60 bits per heavy atom. The van der Waals surface area contributed by atoms with Crippen LogP contribution in [0.3, 0.4) is 0 Å². The molecule has 0 aromatic carbocycles. The minimum atomic E-state index is 0. The molecular formula is CoLiNO2. The van der Waals surface area contributed by atoms with E-state index in [-0.39, 0.29) is 35.6 Å². The Bertz CT molecular complexity index is 17.1. The summed E-state index contributed by atoms with van der Waals surface area (Å²) < 4.78 is 0. The first-order chi connectivity index (χ1) is 1.41. The van der Waals surface area contributed by atoms with Crippen LogP contribution < -0.4 is 18.9 Å². The quantitative estimate of drug-likeness (QED) is 0.194. The molecule has 0 aliphatic heterocycles. The maximum atomic E-state index is 8.00. The first kappa shape index (κ1) is 17.8. The molecule has 5 heteroatoms. The van der Waals surface area contributed by atoms with Crippen LogP contribution in [-0.4, -0.2) is 0 Å². The molecular weight excluding hydrogens is 112 g/mol. The van der Waals surface area contributed by atoms with Crippen LogP contribution in [-0.2, 0) is 16.8 Å². The molecule has 0 bridgehead atoms. The van der Waals surface area contributed by atoms with E-state index < -0.39 is 0 Å². The summed E-state index contributed by atoms with van der Waals surface area (Å²) in [6, 6.07) is 0. The molecule has 0 aromatic rings. The van der Waals surface area contributed by atoms with Gasteiger partial charge in [-0.2, -0.15) is 0 Å². The molecule has 0 saturated carbocycles. The second-order valence-corrected chi connectivity index (χ2v) is 0.0745. The molecule has 0 atom stereocenters. The van der Waals surface area contributed by atoms with Gasteiger partial charge in [0, 0.05) is 16.8 Å². The molecule has 0 fully saturated rings. The SMILES string of the molecule is O=N[O-].[Co].[Li+]. The summed E-state index contributed by atoms with van der Waals surface area (Å²) >= 11 is 0. The molecule has 0 saturated heterocycles. The van der Waals surface area contributed by atoms with Gasteiger partial charge in [-0.25, -0.2) is 0 Å². The molecule has 0 unspecified atom stereocenters. The van der Waals surface area contributed by atoms with Gasteiger partial charge in [0.1, 0.15) is 0 Å². The Morgan fingerprint density at radius 2 is 1.60 bits per heavy atom. The third kappa shape index (κ3) is 111. The van der Waals surface area contributed by atoms with Crippen LogP contribution in [0, 0.1) is 10.1 Å². The summed E-state index contributed by atoms with van der Waals surface area (Å²) in [5.74, 6) is 0. The van der Waals surface area contributed by atoms with E-state index in [1.807, 2.05) is 0 Å². The van der Waals surface area contributed by atoms with Gasteiger partial charge in [-0.1, -0.05) is 0 Å². The Hall–Kier alpha value is 0.504. The molecule has 0 spiro atoms. The minimum Gasteiger partial charge on any atom is -0.444 e. The van der Waals surface area contributed by atoms with Gasteiger partial charge in [-0.05, 0) is 0 Å². The molecule has 0 N–H and O–H groups in total. The molecule has 1 radical (unpaired) electrons. The van der Waals surface area contributed by atoms with Crippen LogP contribution in [0.1, 0.15) is 0 Å². The van der Waals surface area contributed by atoms with Gasteiger partial charge < -0.3 is 10.1 Å². The second kappa shape index (κ2) is 24.4. The maximum absolute atomic E-state index is 8.00.